The van der Waals surface area contributed by atoms with E-state index in [0.29, 0.717) is 18.0 Å². The van der Waals surface area contributed by atoms with E-state index in [1.165, 1.54) is 49.8 Å². The Kier molecular flexibility index (Phi) is 4.67. The van der Waals surface area contributed by atoms with Crippen LogP contribution in [0.4, 0.5) is 0 Å². The Bertz CT molecular complexity index is 390. The average molecular weight is 259 g/mol. The Morgan fingerprint density at radius 1 is 1.32 bits per heavy atom. The van der Waals surface area contributed by atoms with Gasteiger partial charge in [0.25, 0.3) is 0 Å². The zero-order valence-corrected chi connectivity index (χ0v) is 12.9. The highest BCUT2D eigenvalue weighted by atomic mass is 15.2. The number of allylic oxidation sites excluding steroid dienone is 2. The van der Waals surface area contributed by atoms with Gasteiger partial charge in [0.15, 0.2) is 0 Å². The van der Waals surface area contributed by atoms with Crippen LogP contribution in [0, 0.1) is 5.92 Å². The van der Waals surface area contributed by atoms with Crippen LogP contribution in [-0.4, -0.2) is 23.5 Å². The molecule has 1 nitrogen and oxygen atoms in total. The van der Waals surface area contributed by atoms with Crippen LogP contribution < -0.4 is 0 Å². The van der Waals surface area contributed by atoms with E-state index in [9.17, 15) is 0 Å². The Labute approximate surface area is 119 Å². The fourth-order valence-corrected chi connectivity index (χ4v) is 3.70. The summed E-state index contributed by atoms with van der Waals surface area (Å²) in [5.74, 6) is 0.700. The first-order chi connectivity index (χ1) is 9.00. The maximum atomic E-state index is 4.26. The molecule has 1 heterocycles. The van der Waals surface area contributed by atoms with Crippen molar-refractivity contribution in [3.8, 4) is 0 Å². The normalized spacial score (nSPS) is 29.9. The Balaban J connectivity index is 2.12. The molecule has 0 bridgehead atoms. The molecule has 0 saturated carbocycles. The molecule has 0 radical (unpaired) electrons. The zero-order valence-electron chi connectivity index (χ0n) is 12.9. The van der Waals surface area contributed by atoms with Gasteiger partial charge in [-0.05, 0) is 65.3 Å². The van der Waals surface area contributed by atoms with Gasteiger partial charge in [-0.25, -0.2) is 0 Å². The molecule has 1 fully saturated rings. The van der Waals surface area contributed by atoms with Gasteiger partial charge in [0.1, 0.15) is 0 Å². The Morgan fingerprint density at radius 3 is 2.47 bits per heavy atom. The lowest BCUT2D eigenvalue weighted by atomic mass is 9.81. The third kappa shape index (κ3) is 3.20. The van der Waals surface area contributed by atoms with Crippen molar-refractivity contribution in [2.24, 2.45) is 5.92 Å². The highest BCUT2D eigenvalue weighted by Crippen LogP contribution is 2.35. The minimum atomic E-state index is 0.489. The van der Waals surface area contributed by atoms with Gasteiger partial charge in [0.05, 0.1) is 6.04 Å². The summed E-state index contributed by atoms with van der Waals surface area (Å²) in [6, 6.07) is 1.20. The zero-order chi connectivity index (χ0) is 14.0. The summed E-state index contributed by atoms with van der Waals surface area (Å²) in [6.45, 7) is 16.3. The molecule has 0 aromatic rings. The predicted molar refractivity (Wildman–Crippen MR) is 84.2 cm³/mol. The van der Waals surface area contributed by atoms with Crippen LogP contribution in [0.2, 0.25) is 0 Å². The first-order valence-electron chi connectivity index (χ1n) is 7.76. The molecule has 19 heavy (non-hydrogen) atoms. The smallest absolute Gasteiger partial charge is 0.0517 e. The maximum absolute atomic E-state index is 4.26. The molecular formula is C18H29N. The molecule has 0 spiro atoms. The third-order valence-corrected chi connectivity index (χ3v) is 4.90. The Hall–Kier alpha value is -0.820. The van der Waals surface area contributed by atoms with Crippen LogP contribution >= 0.6 is 0 Å². The molecule has 0 amide bonds. The van der Waals surface area contributed by atoms with E-state index < -0.39 is 0 Å². The van der Waals surface area contributed by atoms with Crippen molar-refractivity contribution < 1.29 is 0 Å². The summed E-state index contributed by atoms with van der Waals surface area (Å²) in [4.78, 5) is 2.66. The first kappa shape index (κ1) is 14.6. The number of rotatable bonds is 4. The molecule has 3 unspecified atom stereocenters. The second-order valence-corrected chi connectivity index (χ2v) is 6.57. The SMILES string of the molecule is C=C(C)C1CC=C(C(C(=C)C)N2CCCC2C)CC1. The standard InChI is InChI=1S/C18H29N/c1-13(2)16-8-10-17(11-9-16)18(14(3)4)19-12-6-7-15(19)5/h10,15-16,18H,1,3,6-9,11-12H2,2,4-5H3. The van der Waals surface area contributed by atoms with Crippen LogP contribution in [0.25, 0.3) is 0 Å². The van der Waals surface area contributed by atoms with Crippen molar-refractivity contribution in [3.63, 3.8) is 0 Å². The minimum absolute atomic E-state index is 0.489. The van der Waals surface area contributed by atoms with Crippen LogP contribution in [0.5, 0.6) is 0 Å². The van der Waals surface area contributed by atoms with Crippen molar-refractivity contribution in [2.75, 3.05) is 6.54 Å². The van der Waals surface area contributed by atoms with Crippen LogP contribution in [0.15, 0.2) is 36.0 Å². The van der Waals surface area contributed by atoms with Crippen molar-refractivity contribution in [1.82, 2.24) is 4.90 Å². The van der Waals surface area contributed by atoms with Gasteiger partial charge in [0.2, 0.25) is 0 Å². The minimum Gasteiger partial charge on any atom is -0.290 e. The summed E-state index contributed by atoms with van der Waals surface area (Å²) >= 11 is 0. The van der Waals surface area contributed by atoms with Gasteiger partial charge >= 0.3 is 0 Å². The summed E-state index contributed by atoms with van der Waals surface area (Å²) in [5, 5.41) is 0. The maximum Gasteiger partial charge on any atom is 0.0517 e. The molecule has 2 rings (SSSR count). The van der Waals surface area contributed by atoms with Gasteiger partial charge < -0.3 is 0 Å². The lowest BCUT2D eigenvalue weighted by Crippen LogP contribution is -2.40. The van der Waals surface area contributed by atoms with Gasteiger partial charge in [-0.3, -0.25) is 4.90 Å². The van der Waals surface area contributed by atoms with E-state index in [0.717, 1.165) is 0 Å². The summed E-state index contributed by atoms with van der Waals surface area (Å²) in [7, 11) is 0. The fourth-order valence-electron chi connectivity index (χ4n) is 3.70. The molecule has 1 aliphatic heterocycles. The number of hydrogen-bond donors (Lipinski definition) is 0. The highest BCUT2D eigenvalue weighted by molar-refractivity contribution is 5.27. The van der Waals surface area contributed by atoms with Gasteiger partial charge in [0, 0.05) is 6.04 Å². The van der Waals surface area contributed by atoms with Crippen molar-refractivity contribution in [3.05, 3.63) is 36.0 Å². The van der Waals surface area contributed by atoms with E-state index in [1.54, 1.807) is 5.57 Å². The van der Waals surface area contributed by atoms with Crippen molar-refractivity contribution in [2.45, 2.75) is 65.0 Å². The summed E-state index contributed by atoms with van der Waals surface area (Å²) in [5.41, 5.74) is 4.27. The van der Waals surface area contributed by atoms with Gasteiger partial charge in [-0.1, -0.05) is 36.0 Å². The summed E-state index contributed by atoms with van der Waals surface area (Å²) in [6.07, 6.45) is 8.83. The van der Waals surface area contributed by atoms with Gasteiger partial charge in [-0.15, -0.1) is 0 Å². The molecule has 2 aliphatic rings. The molecule has 0 aromatic carbocycles. The molecule has 3 atom stereocenters. The number of hydrogen-bond acceptors (Lipinski definition) is 1. The molecular weight excluding hydrogens is 230 g/mol. The molecule has 1 aliphatic carbocycles. The highest BCUT2D eigenvalue weighted by Gasteiger charge is 2.31. The van der Waals surface area contributed by atoms with E-state index in [2.05, 4.69) is 44.9 Å². The molecule has 106 valence electrons. The topological polar surface area (TPSA) is 3.24 Å². The number of likely N-dealkylation sites (tertiary alicyclic amines) is 1. The van der Waals surface area contributed by atoms with Crippen LogP contribution in [0.3, 0.4) is 0 Å². The van der Waals surface area contributed by atoms with E-state index in [-0.39, 0.29) is 0 Å². The van der Waals surface area contributed by atoms with Crippen LogP contribution in [-0.2, 0) is 0 Å². The molecule has 0 N–H and O–H groups in total. The van der Waals surface area contributed by atoms with Crippen molar-refractivity contribution in [1.29, 1.82) is 0 Å². The lowest BCUT2D eigenvalue weighted by molar-refractivity contribution is 0.231. The fraction of sp³-hybridized carbons (Fsp3) is 0.667. The van der Waals surface area contributed by atoms with Gasteiger partial charge in [-0.2, -0.15) is 0 Å². The van der Waals surface area contributed by atoms with Crippen LogP contribution in [0.1, 0.15) is 52.9 Å². The van der Waals surface area contributed by atoms with E-state index in [1.807, 2.05) is 0 Å². The predicted octanol–water partition coefficient (Wildman–Crippen LogP) is 4.72. The average Bonchev–Trinajstić information content (AvgIpc) is 2.76. The number of nitrogens with zero attached hydrogens (tertiary/aromatic N) is 1. The van der Waals surface area contributed by atoms with Crippen molar-refractivity contribution >= 4 is 0 Å². The second kappa shape index (κ2) is 6.09. The second-order valence-electron chi connectivity index (χ2n) is 6.57. The molecule has 1 saturated heterocycles. The third-order valence-electron chi connectivity index (χ3n) is 4.90. The van der Waals surface area contributed by atoms with E-state index >= 15 is 0 Å². The summed E-state index contributed by atoms with van der Waals surface area (Å²) < 4.78 is 0. The molecule has 0 aromatic heterocycles. The largest absolute Gasteiger partial charge is 0.290 e. The lowest BCUT2D eigenvalue weighted by Gasteiger charge is -2.36. The molecule has 1 heteroatoms. The first-order valence-corrected chi connectivity index (χ1v) is 7.76. The van der Waals surface area contributed by atoms with E-state index in [4.69, 9.17) is 0 Å². The Morgan fingerprint density at radius 2 is 2.05 bits per heavy atom. The quantitative estimate of drug-likeness (QED) is 0.660. The monoisotopic (exact) mass is 259 g/mol.